The van der Waals surface area contributed by atoms with Crippen molar-refractivity contribution in [2.45, 2.75) is 23.6 Å². The molecule has 0 saturated carbocycles. The molecule has 9 heteroatoms. The lowest BCUT2D eigenvalue weighted by Crippen LogP contribution is -2.60. The first-order chi connectivity index (χ1) is 14.3. The van der Waals surface area contributed by atoms with Gasteiger partial charge in [0.15, 0.2) is 5.37 Å². The number of methoxy groups -OCH3 is 2. The summed E-state index contributed by atoms with van der Waals surface area (Å²) in [6, 6.07) is 14.2. The molecule has 0 radical (unpaired) electrons. The lowest BCUT2D eigenvalue weighted by molar-refractivity contribution is 0.0919. The maximum absolute atomic E-state index is 13.3. The van der Waals surface area contributed by atoms with Gasteiger partial charge in [0.05, 0.1) is 14.2 Å². The fraction of sp³-hybridized carbons (Fsp3) is 0.381. The van der Waals surface area contributed by atoms with Crippen LogP contribution in [0.2, 0.25) is 0 Å². The van der Waals surface area contributed by atoms with Gasteiger partial charge in [-0.2, -0.15) is 0 Å². The Morgan fingerprint density at radius 1 is 1.03 bits per heavy atom. The van der Waals surface area contributed by atoms with Gasteiger partial charge in [0.1, 0.15) is 17.1 Å². The van der Waals surface area contributed by atoms with Gasteiger partial charge < -0.3 is 20.1 Å². The van der Waals surface area contributed by atoms with E-state index in [0.29, 0.717) is 25.9 Å². The summed E-state index contributed by atoms with van der Waals surface area (Å²) in [6.07, 6.45) is 1.00. The molecule has 0 spiro atoms. The average Bonchev–Trinajstić information content (AvgIpc) is 2.77. The smallest absolute Gasteiger partial charge is 0.259 e. The van der Waals surface area contributed by atoms with Crippen molar-refractivity contribution in [1.82, 2.24) is 10.6 Å². The second kappa shape index (κ2) is 9.03. The third-order valence-corrected chi connectivity index (χ3v) is 6.82. The van der Waals surface area contributed by atoms with E-state index in [9.17, 15) is 13.2 Å². The number of rotatable bonds is 7. The molecule has 0 aromatic heterocycles. The molecule has 1 aliphatic heterocycles. The van der Waals surface area contributed by atoms with Crippen LogP contribution in [0, 0.1) is 0 Å². The van der Waals surface area contributed by atoms with Crippen molar-refractivity contribution in [2.24, 2.45) is 5.14 Å². The van der Waals surface area contributed by atoms with Crippen LogP contribution in [0.5, 0.6) is 11.5 Å². The van der Waals surface area contributed by atoms with Crippen LogP contribution in [0.1, 0.15) is 28.8 Å². The number of primary sulfonamides is 1. The molecular weight excluding hydrogens is 406 g/mol. The third kappa shape index (κ3) is 4.28. The van der Waals surface area contributed by atoms with Crippen molar-refractivity contribution >= 4 is 15.9 Å². The number of hydrogen-bond donors (Lipinski definition) is 3. The summed E-state index contributed by atoms with van der Waals surface area (Å²) in [5, 5.41) is 10.3. The van der Waals surface area contributed by atoms with Gasteiger partial charge in [-0.3, -0.25) is 4.79 Å². The highest BCUT2D eigenvalue weighted by atomic mass is 32.2. The molecule has 30 heavy (non-hydrogen) atoms. The quantitative estimate of drug-likeness (QED) is 0.607. The zero-order chi connectivity index (χ0) is 21.8. The molecule has 0 bridgehead atoms. The van der Waals surface area contributed by atoms with Crippen molar-refractivity contribution in [3.8, 4) is 11.5 Å². The van der Waals surface area contributed by atoms with E-state index in [0.717, 1.165) is 5.56 Å². The number of nitrogens with two attached hydrogens (primary N) is 1. The first-order valence-electron chi connectivity index (χ1n) is 9.63. The van der Waals surface area contributed by atoms with Crippen LogP contribution in [-0.2, 0) is 15.4 Å². The predicted molar refractivity (Wildman–Crippen MR) is 114 cm³/mol. The van der Waals surface area contributed by atoms with Gasteiger partial charge in [-0.05, 0) is 43.6 Å². The summed E-state index contributed by atoms with van der Waals surface area (Å²) < 4.78 is 36.1. The molecule has 162 valence electrons. The van der Waals surface area contributed by atoms with E-state index in [4.69, 9.17) is 14.6 Å². The van der Waals surface area contributed by atoms with Crippen LogP contribution in [0.15, 0.2) is 48.5 Å². The zero-order valence-electron chi connectivity index (χ0n) is 17.1. The van der Waals surface area contributed by atoms with Gasteiger partial charge in [0.2, 0.25) is 10.0 Å². The number of carbonyl (C=O) groups is 1. The van der Waals surface area contributed by atoms with Gasteiger partial charge in [-0.25, -0.2) is 13.6 Å². The predicted octanol–water partition coefficient (Wildman–Crippen LogP) is 1.37. The Hall–Kier alpha value is -2.62. The SMILES string of the molecule is COc1cccc(OC)c1C(=O)NC(C1(c2ccccc2)CCNCC1)S(N)(=O)=O. The molecule has 1 fully saturated rings. The standard InChI is InChI=1S/C21H27N3O5S/c1-28-16-9-6-10-17(29-2)18(16)19(25)24-20(30(22,26)27)21(11-13-23-14-12-21)15-7-4-3-5-8-15/h3-10,20,23H,11-14H2,1-2H3,(H,24,25)(H2,22,26,27). The molecule has 0 aliphatic carbocycles. The fourth-order valence-corrected chi connectivity index (χ4v) is 5.42. The lowest BCUT2D eigenvalue weighted by atomic mass is 9.72. The van der Waals surface area contributed by atoms with E-state index >= 15 is 0 Å². The van der Waals surface area contributed by atoms with Crippen LogP contribution in [-0.4, -0.2) is 47.0 Å². The van der Waals surface area contributed by atoms with Crippen LogP contribution >= 0.6 is 0 Å². The van der Waals surface area contributed by atoms with Crippen LogP contribution in [0.4, 0.5) is 0 Å². The van der Waals surface area contributed by atoms with Gasteiger partial charge in [0, 0.05) is 5.41 Å². The Morgan fingerprint density at radius 2 is 1.60 bits per heavy atom. The van der Waals surface area contributed by atoms with Gasteiger partial charge in [-0.1, -0.05) is 36.4 Å². The largest absolute Gasteiger partial charge is 0.496 e. The maximum Gasteiger partial charge on any atom is 0.259 e. The van der Waals surface area contributed by atoms with Gasteiger partial charge >= 0.3 is 0 Å². The van der Waals surface area contributed by atoms with Crippen molar-refractivity contribution in [1.29, 1.82) is 0 Å². The highest BCUT2D eigenvalue weighted by Gasteiger charge is 2.48. The van der Waals surface area contributed by atoms with Crippen LogP contribution in [0.3, 0.4) is 0 Å². The van der Waals surface area contributed by atoms with E-state index < -0.39 is 26.7 Å². The Labute approximate surface area is 176 Å². The maximum atomic E-state index is 13.3. The Morgan fingerprint density at radius 3 is 2.10 bits per heavy atom. The normalized spacial score (nSPS) is 17.0. The number of carbonyl (C=O) groups excluding carboxylic acids is 1. The minimum atomic E-state index is -4.15. The second-order valence-corrected chi connectivity index (χ2v) is 8.90. The van der Waals surface area contributed by atoms with E-state index in [2.05, 4.69) is 10.6 Å². The topological polar surface area (TPSA) is 120 Å². The summed E-state index contributed by atoms with van der Waals surface area (Å²) in [5.74, 6) is -0.0738. The number of benzene rings is 2. The molecule has 1 saturated heterocycles. The van der Waals surface area contributed by atoms with Crippen molar-refractivity contribution in [2.75, 3.05) is 27.3 Å². The highest BCUT2D eigenvalue weighted by Crippen LogP contribution is 2.39. The van der Waals surface area contributed by atoms with Crippen LogP contribution in [0.25, 0.3) is 0 Å². The summed E-state index contributed by atoms with van der Waals surface area (Å²) in [5.41, 5.74) is 0.0662. The molecule has 2 aromatic rings. The molecule has 2 aromatic carbocycles. The molecule has 1 amide bonds. The molecule has 3 rings (SSSR count). The summed E-state index contributed by atoms with van der Waals surface area (Å²) in [4.78, 5) is 13.3. The lowest BCUT2D eigenvalue weighted by Gasteiger charge is -2.43. The van der Waals surface area contributed by atoms with Crippen molar-refractivity contribution in [3.05, 3.63) is 59.7 Å². The fourth-order valence-electron chi connectivity index (χ4n) is 4.15. The molecule has 1 aliphatic rings. The number of nitrogens with one attached hydrogen (secondary N) is 2. The Kier molecular flexibility index (Phi) is 6.64. The molecule has 8 nitrogen and oxygen atoms in total. The number of piperidine rings is 1. The minimum absolute atomic E-state index is 0.119. The summed E-state index contributed by atoms with van der Waals surface area (Å²) >= 11 is 0. The van der Waals surface area contributed by atoms with E-state index in [-0.39, 0.29) is 17.1 Å². The first kappa shape index (κ1) is 22.1. The Balaban J connectivity index is 2.09. The monoisotopic (exact) mass is 433 g/mol. The van der Waals surface area contributed by atoms with Crippen molar-refractivity contribution < 1.29 is 22.7 Å². The summed E-state index contributed by atoms with van der Waals surface area (Å²) in [7, 11) is -1.29. The molecular formula is C21H27N3O5S. The van der Waals surface area contributed by atoms with E-state index in [1.807, 2.05) is 30.3 Å². The molecule has 4 N–H and O–H groups in total. The number of ether oxygens (including phenoxy) is 2. The summed E-state index contributed by atoms with van der Waals surface area (Å²) in [6.45, 7) is 1.21. The van der Waals surface area contributed by atoms with Crippen LogP contribution < -0.4 is 25.2 Å². The second-order valence-electron chi connectivity index (χ2n) is 7.25. The average molecular weight is 434 g/mol. The van der Waals surface area contributed by atoms with E-state index in [1.165, 1.54) is 14.2 Å². The minimum Gasteiger partial charge on any atom is -0.496 e. The number of hydrogen-bond acceptors (Lipinski definition) is 6. The number of sulfonamides is 1. The zero-order valence-corrected chi connectivity index (χ0v) is 17.9. The highest BCUT2D eigenvalue weighted by molar-refractivity contribution is 7.89. The first-order valence-corrected chi connectivity index (χ1v) is 11.2. The molecule has 1 heterocycles. The molecule has 1 unspecified atom stereocenters. The van der Waals surface area contributed by atoms with Crippen molar-refractivity contribution in [3.63, 3.8) is 0 Å². The Bertz CT molecular complexity index is 967. The number of amides is 1. The van der Waals surface area contributed by atoms with Gasteiger partial charge in [0.25, 0.3) is 5.91 Å². The third-order valence-electron chi connectivity index (χ3n) is 5.59. The molecule has 1 atom stereocenters. The van der Waals surface area contributed by atoms with Gasteiger partial charge in [-0.15, -0.1) is 0 Å². The van der Waals surface area contributed by atoms with E-state index in [1.54, 1.807) is 18.2 Å².